The van der Waals surface area contributed by atoms with Crippen LogP contribution in [0.3, 0.4) is 0 Å². The van der Waals surface area contributed by atoms with Crippen LogP contribution in [0.5, 0.6) is 11.5 Å². The molecule has 0 bridgehead atoms. The number of hydrogen-bond donors (Lipinski definition) is 3. The number of guanidine groups is 1. The standard InChI is InChI=1S/C22H36N4O3.HI/c1-4-23-21(24-16-22(27)9-6-5-7-10-22)25-17-8-11-26(15-17)18-12-19(28-2)14-20(13-18)29-3;/h12-14,17,27H,4-11,15-16H2,1-3H3,(H2,23,24,25);1H. The zero-order valence-corrected chi connectivity index (χ0v) is 20.8. The van der Waals surface area contributed by atoms with Gasteiger partial charge in [-0.25, -0.2) is 0 Å². The second-order valence-electron chi connectivity index (χ2n) is 8.13. The van der Waals surface area contributed by atoms with E-state index in [4.69, 9.17) is 14.5 Å². The van der Waals surface area contributed by atoms with Crippen molar-refractivity contribution in [3.8, 4) is 11.5 Å². The Bertz CT molecular complexity index is 673. The number of nitrogens with zero attached hydrogens (tertiary/aromatic N) is 2. The van der Waals surface area contributed by atoms with Gasteiger partial charge in [0.25, 0.3) is 0 Å². The highest BCUT2D eigenvalue weighted by molar-refractivity contribution is 14.0. The van der Waals surface area contributed by atoms with Gasteiger partial charge in [-0.15, -0.1) is 24.0 Å². The van der Waals surface area contributed by atoms with E-state index in [0.29, 0.717) is 12.6 Å². The van der Waals surface area contributed by atoms with Crippen molar-refractivity contribution in [2.24, 2.45) is 4.99 Å². The number of rotatable bonds is 7. The Morgan fingerprint density at radius 1 is 1.17 bits per heavy atom. The summed E-state index contributed by atoms with van der Waals surface area (Å²) in [5.74, 6) is 2.39. The maximum absolute atomic E-state index is 10.7. The van der Waals surface area contributed by atoms with Crippen LogP contribution in [0, 0.1) is 0 Å². The van der Waals surface area contributed by atoms with Crippen molar-refractivity contribution in [2.45, 2.75) is 57.1 Å². The Balaban J connectivity index is 0.00000320. The van der Waals surface area contributed by atoms with Crippen LogP contribution in [0.2, 0.25) is 0 Å². The highest BCUT2D eigenvalue weighted by atomic mass is 127. The van der Waals surface area contributed by atoms with E-state index in [1.165, 1.54) is 6.42 Å². The maximum Gasteiger partial charge on any atom is 0.191 e. The second-order valence-corrected chi connectivity index (χ2v) is 8.13. The lowest BCUT2D eigenvalue weighted by Crippen LogP contribution is -2.46. The summed E-state index contributed by atoms with van der Waals surface area (Å²) in [5, 5.41) is 17.6. The molecule has 1 aromatic carbocycles. The molecule has 0 amide bonds. The molecular formula is C22H37IN4O3. The lowest BCUT2D eigenvalue weighted by Gasteiger charge is -2.30. The minimum Gasteiger partial charge on any atom is -0.497 e. The third-order valence-electron chi connectivity index (χ3n) is 5.89. The summed E-state index contributed by atoms with van der Waals surface area (Å²) < 4.78 is 10.8. The molecule has 3 N–H and O–H groups in total. The Morgan fingerprint density at radius 3 is 2.43 bits per heavy atom. The van der Waals surface area contributed by atoms with Crippen molar-refractivity contribution in [1.82, 2.24) is 10.6 Å². The number of aliphatic hydroxyl groups is 1. The number of ether oxygens (including phenoxy) is 2. The first-order valence-corrected chi connectivity index (χ1v) is 10.8. The molecule has 0 spiro atoms. The molecular weight excluding hydrogens is 495 g/mol. The van der Waals surface area contributed by atoms with E-state index in [1.54, 1.807) is 14.2 Å². The van der Waals surface area contributed by atoms with Gasteiger partial charge in [0.05, 0.1) is 26.4 Å². The largest absolute Gasteiger partial charge is 0.497 e. The lowest BCUT2D eigenvalue weighted by molar-refractivity contribution is 0.0131. The molecule has 0 radical (unpaired) electrons. The van der Waals surface area contributed by atoms with Crippen molar-refractivity contribution in [1.29, 1.82) is 0 Å². The molecule has 1 heterocycles. The second kappa shape index (κ2) is 11.8. The smallest absolute Gasteiger partial charge is 0.191 e. The number of anilines is 1. The van der Waals surface area contributed by atoms with E-state index in [-0.39, 0.29) is 24.0 Å². The Morgan fingerprint density at radius 2 is 1.83 bits per heavy atom. The van der Waals surface area contributed by atoms with Gasteiger partial charge in [0.1, 0.15) is 11.5 Å². The molecule has 8 heteroatoms. The third kappa shape index (κ3) is 6.80. The summed E-state index contributed by atoms with van der Waals surface area (Å²) in [5.41, 5.74) is 0.461. The third-order valence-corrected chi connectivity index (χ3v) is 5.89. The summed E-state index contributed by atoms with van der Waals surface area (Å²) in [6, 6.07) is 6.28. The van der Waals surface area contributed by atoms with Gasteiger partial charge in [-0.1, -0.05) is 19.3 Å². The van der Waals surface area contributed by atoms with Gasteiger partial charge in [0.2, 0.25) is 0 Å². The Labute approximate surface area is 197 Å². The number of methoxy groups -OCH3 is 2. The van der Waals surface area contributed by atoms with Gasteiger partial charge in [0, 0.05) is 49.6 Å². The molecule has 2 aliphatic rings. The molecule has 3 rings (SSSR count). The van der Waals surface area contributed by atoms with Crippen LogP contribution >= 0.6 is 24.0 Å². The average molecular weight is 532 g/mol. The van der Waals surface area contributed by atoms with Crippen LogP contribution in [-0.2, 0) is 0 Å². The van der Waals surface area contributed by atoms with Crippen molar-refractivity contribution in [3.63, 3.8) is 0 Å². The number of aliphatic imine (C=N–C) groups is 1. The normalized spacial score (nSPS) is 21.0. The van der Waals surface area contributed by atoms with Crippen LogP contribution in [0.4, 0.5) is 5.69 Å². The fourth-order valence-corrected chi connectivity index (χ4v) is 4.20. The molecule has 7 nitrogen and oxygen atoms in total. The minimum atomic E-state index is -0.639. The molecule has 2 fully saturated rings. The van der Waals surface area contributed by atoms with E-state index < -0.39 is 5.60 Å². The lowest BCUT2D eigenvalue weighted by atomic mass is 9.85. The molecule has 1 saturated carbocycles. The summed E-state index contributed by atoms with van der Waals surface area (Å²) in [4.78, 5) is 7.05. The molecule has 1 unspecified atom stereocenters. The van der Waals surface area contributed by atoms with Crippen LogP contribution in [-0.4, -0.2) is 63.1 Å². The SMILES string of the molecule is CCNC(=NCC1(O)CCCCC1)NC1CCN(c2cc(OC)cc(OC)c2)C1.I. The Hall–Kier alpha value is -1.42. The molecule has 1 aromatic rings. The first kappa shape index (κ1) is 24.8. The molecule has 170 valence electrons. The van der Waals surface area contributed by atoms with Gasteiger partial charge in [0.15, 0.2) is 5.96 Å². The van der Waals surface area contributed by atoms with Crippen molar-refractivity contribution >= 4 is 35.6 Å². The van der Waals surface area contributed by atoms with Gasteiger partial charge in [-0.05, 0) is 26.2 Å². The zero-order valence-electron chi connectivity index (χ0n) is 18.4. The summed E-state index contributed by atoms with van der Waals surface area (Å²) >= 11 is 0. The van der Waals surface area contributed by atoms with Crippen LogP contribution < -0.4 is 25.0 Å². The topological polar surface area (TPSA) is 78.4 Å². The Kier molecular flexibility index (Phi) is 9.80. The molecule has 30 heavy (non-hydrogen) atoms. The number of hydrogen-bond acceptors (Lipinski definition) is 5. The highest BCUT2D eigenvalue weighted by Gasteiger charge is 2.29. The van der Waals surface area contributed by atoms with Crippen molar-refractivity contribution < 1.29 is 14.6 Å². The van der Waals surface area contributed by atoms with E-state index in [9.17, 15) is 5.11 Å². The fraction of sp³-hybridized carbons (Fsp3) is 0.682. The van der Waals surface area contributed by atoms with E-state index in [1.807, 2.05) is 18.2 Å². The average Bonchev–Trinajstić information content (AvgIpc) is 3.21. The molecule has 0 aromatic heterocycles. The summed E-state index contributed by atoms with van der Waals surface area (Å²) in [7, 11) is 3.35. The summed E-state index contributed by atoms with van der Waals surface area (Å²) in [6.07, 6.45) is 6.14. The van der Waals surface area contributed by atoms with Crippen molar-refractivity contribution in [2.75, 3.05) is 45.3 Å². The fourth-order valence-electron chi connectivity index (χ4n) is 4.20. The maximum atomic E-state index is 10.7. The molecule has 1 atom stereocenters. The van der Waals surface area contributed by atoms with Crippen molar-refractivity contribution in [3.05, 3.63) is 18.2 Å². The first-order chi connectivity index (χ1) is 14.0. The van der Waals surface area contributed by atoms with Gasteiger partial charge < -0.3 is 30.1 Å². The number of nitrogens with one attached hydrogen (secondary N) is 2. The predicted octanol–water partition coefficient (Wildman–Crippen LogP) is 3.15. The quantitative estimate of drug-likeness (QED) is 0.285. The van der Waals surface area contributed by atoms with Gasteiger partial charge >= 0.3 is 0 Å². The first-order valence-electron chi connectivity index (χ1n) is 10.8. The van der Waals surface area contributed by atoms with Crippen LogP contribution in [0.1, 0.15) is 45.4 Å². The van der Waals surface area contributed by atoms with Gasteiger partial charge in [-0.3, -0.25) is 4.99 Å². The highest BCUT2D eigenvalue weighted by Crippen LogP contribution is 2.31. The minimum absolute atomic E-state index is 0. The van der Waals surface area contributed by atoms with E-state index in [2.05, 4.69) is 22.5 Å². The molecule has 1 aliphatic carbocycles. The van der Waals surface area contributed by atoms with Gasteiger partial charge in [-0.2, -0.15) is 0 Å². The zero-order chi connectivity index (χ0) is 20.7. The van der Waals surface area contributed by atoms with Crippen LogP contribution in [0.15, 0.2) is 23.2 Å². The molecule has 1 saturated heterocycles. The van der Waals surface area contributed by atoms with E-state index in [0.717, 1.165) is 74.9 Å². The predicted molar refractivity (Wildman–Crippen MR) is 133 cm³/mol. The number of benzene rings is 1. The van der Waals surface area contributed by atoms with E-state index >= 15 is 0 Å². The number of halogens is 1. The summed E-state index contributed by atoms with van der Waals surface area (Å²) in [6.45, 7) is 5.16. The molecule has 1 aliphatic heterocycles. The monoisotopic (exact) mass is 532 g/mol. The van der Waals surface area contributed by atoms with Crippen LogP contribution in [0.25, 0.3) is 0 Å².